The standard InChI is InChI=1S/C16H24N2O/c1-11-6-8-13(9-7-11)16(19)18-12(2)14-4-3-5-15(17)10-14/h3-5,10-13H,6-9,17H2,1-2H3,(H,18,19). The summed E-state index contributed by atoms with van der Waals surface area (Å²) < 4.78 is 0. The Labute approximate surface area is 115 Å². The van der Waals surface area contributed by atoms with Crippen molar-refractivity contribution in [3.8, 4) is 0 Å². The van der Waals surface area contributed by atoms with Crippen LogP contribution in [-0.4, -0.2) is 5.91 Å². The molecule has 0 aromatic heterocycles. The molecule has 1 atom stereocenters. The van der Waals surface area contributed by atoms with Gasteiger partial charge in [0.05, 0.1) is 6.04 Å². The number of benzene rings is 1. The molecule has 1 aliphatic rings. The van der Waals surface area contributed by atoms with Crippen molar-refractivity contribution < 1.29 is 4.79 Å². The molecule has 3 heteroatoms. The molecule has 0 radical (unpaired) electrons. The summed E-state index contributed by atoms with van der Waals surface area (Å²) in [6.07, 6.45) is 4.39. The molecule has 1 aromatic rings. The minimum Gasteiger partial charge on any atom is -0.399 e. The molecule has 0 bridgehead atoms. The smallest absolute Gasteiger partial charge is 0.223 e. The Hall–Kier alpha value is -1.51. The first kappa shape index (κ1) is 13.9. The van der Waals surface area contributed by atoms with Gasteiger partial charge in [-0.05, 0) is 56.2 Å². The van der Waals surface area contributed by atoms with Gasteiger partial charge in [-0.1, -0.05) is 19.1 Å². The number of carbonyl (C=O) groups is 1. The first-order valence-corrected chi connectivity index (χ1v) is 7.22. The fourth-order valence-electron chi connectivity index (χ4n) is 2.77. The number of nitrogens with two attached hydrogens (primary N) is 1. The van der Waals surface area contributed by atoms with Crippen molar-refractivity contribution in [2.24, 2.45) is 11.8 Å². The molecule has 1 fully saturated rings. The van der Waals surface area contributed by atoms with E-state index in [4.69, 9.17) is 5.73 Å². The quantitative estimate of drug-likeness (QED) is 0.819. The van der Waals surface area contributed by atoms with Crippen LogP contribution in [-0.2, 0) is 4.79 Å². The molecular formula is C16H24N2O. The summed E-state index contributed by atoms with van der Waals surface area (Å²) >= 11 is 0. The van der Waals surface area contributed by atoms with Crippen LogP contribution >= 0.6 is 0 Å². The average molecular weight is 260 g/mol. The van der Waals surface area contributed by atoms with E-state index in [0.717, 1.165) is 30.0 Å². The van der Waals surface area contributed by atoms with Gasteiger partial charge in [0, 0.05) is 11.6 Å². The Morgan fingerprint density at radius 1 is 1.32 bits per heavy atom. The van der Waals surface area contributed by atoms with Gasteiger partial charge >= 0.3 is 0 Å². The number of nitrogens with one attached hydrogen (secondary N) is 1. The van der Waals surface area contributed by atoms with E-state index in [0.29, 0.717) is 0 Å². The maximum Gasteiger partial charge on any atom is 0.223 e. The number of amides is 1. The van der Waals surface area contributed by atoms with Crippen LogP contribution in [0.1, 0.15) is 51.1 Å². The maximum absolute atomic E-state index is 12.2. The highest BCUT2D eigenvalue weighted by molar-refractivity contribution is 5.79. The summed E-state index contributed by atoms with van der Waals surface area (Å²) in [4.78, 5) is 12.2. The third-order valence-corrected chi connectivity index (χ3v) is 4.16. The largest absolute Gasteiger partial charge is 0.399 e. The topological polar surface area (TPSA) is 55.1 Å². The summed E-state index contributed by atoms with van der Waals surface area (Å²) in [5.41, 5.74) is 7.58. The third kappa shape index (κ3) is 3.72. The Morgan fingerprint density at radius 3 is 2.63 bits per heavy atom. The normalized spacial score (nSPS) is 24.7. The van der Waals surface area contributed by atoms with Gasteiger partial charge in [-0.2, -0.15) is 0 Å². The molecule has 0 heterocycles. The van der Waals surface area contributed by atoms with Gasteiger partial charge in [0.1, 0.15) is 0 Å². The predicted octanol–water partition coefficient (Wildman–Crippen LogP) is 3.27. The van der Waals surface area contributed by atoms with E-state index in [1.165, 1.54) is 12.8 Å². The van der Waals surface area contributed by atoms with Crippen molar-refractivity contribution in [2.75, 3.05) is 5.73 Å². The third-order valence-electron chi connectivity index (χ3n) is 4.16. The molecule has 1 amide bonds. The van der Waals surface area contributed by atoms with Crippen molar-refractivity contribution >= 4 is 11.6 Å². The highest BCUT2D eigenvalue weighted by atomic mass is 16.1. The maximum atomic E-state index is 12.2. The van der Waals surface area contributed by atoms with E-state index in [2.05, 4.69) is 12.2 Å². The molecule has 1 aliphatic carbocycles. The van der Waals surface area contributed by atoms with E-state index in [-0.39, 0.29) is 17.9 Å². The molecule has 104 valence electrons. The zero-order valence-electron chi connectivity index (χ0n) is 11.9. The molecule has 1 unspecified atom stereocenters. The second kappa shape index (κ2) is 6.09. The van der Waals surface area contributed by atoms with Crippen molar-refractivity contribution in [1.82, 2.24) is 5.32 Å². The fraction of sp³-hybridized carbons (Fsp3) is 0.562. The van der Waals surface area contributed by atoms with Crippen LogP contribution in [0.3, 0.4) is 0 Å². The number of anilines is 1. The lowest BCUT2D eigenvalue weighted by Crippen LogP contribution is -2.34. The van der Waals surface area contributed by atoms with Crippen molar-refractivity contribution in [3.05, 3.63) is 29.8 Å². The Bertz CT molecular complexity index is 436. The second-order valence-corrected chi connectivity index (χ2v) is 5.86. The lowest BCUT2D eigenvalue weighted by Gasteiger charge is -2.26. The predicted molar refractivity (Wildman–Crippen MR) is 78.5 cm³/mol. The fourth-order valence-corrected chi connectivity index (χ4v) is 2.77. The Morgan fingerprint density at radius 2 is 2.00 bits per heavy atom. The minimum atomic E-state index is 0.0235. The van der Waals surface area contributed by atoms with Crippen LogP contribution in [0.5, 0.6) is 0 Å². The van der Waals surface area contributed by atoms with Crippen LogP contribution < -0.4 is 11.1 Å². The highest BCUT2D eigenvalue weighted by Crippen LogP contribution is 2.29. The number of rotatable bonds is 3. The number of nitrogen functional groups attached to an aromatic ring is 1. The van der Waals surface area contributed by atoms with Crippen LogP contribution in [0.25, 0.3) is 0 Å². The van der Waals surface area contributed by atoms with Gasteiger partial charge < -0.3 is 11.1 Å². The van der Waals surface area contributed by atoms with E-state index < -0.39 is 0 Å². The van der Waals surface area contributed by atoms with Gasteiger partial charge in [-0.3, -0.25) is 4.79 Å². The zero-order chi connectivity index (χ0) is 13.8. The SMILES string of the molecule is CC1CCC(C(=O)NC(C)c2cccc(N)c2)CC1. The lowest BCUT2D eigenvalue weighted by atomic mass is 9.82. The molecule has 1 aromatic carbocycles. The molecule has 0 aliphatic heterocycles. The van der Waals surface area contributed by atoms with Gasteiger partial charge in [0.2, 0.25) is 5.91 Å². The molecule has 3 nitrogen and oxygen atoms in total. The molecule has 2 rings (SSSR count). The lowest BCUT2D eigenvalue weighted by molar-refractivity contribution is -0.126. The van der Waals surface area contributed by atoms with E-state index in [1.54, 1.807) is 0 Å². The van der Waals surface area contributed by atoms with Gasteiger partial charge in [0.15, 0.2) is 0 Å². The van der Waals surface area contributed by atoms with E-state index in [9.17, 15) is 4.79 Å². The van der Waals surface area contributed by atoms with Crippen molar-refractivity contribution in [2.45, 2.75) is 45.6 Å². The Balaban J connectivity index is 1.91. The number of carbonyl (C=O) groups excluding carboxylic acids is 1. The van der Waals surface area contributed by atoms with E-state index >= 15 is 0 Å². The average Bonchev–Trinajstić information content (AvgIpc) is 2.39. The molecular weight excluding hydrogens is 236 g/mol. The monoisotopic (exact) mass is 260 g/mol. The summed E-state index contributed by atoms with van der Waals surface area (Å²) in [5.74, 6) is 1.16. The molecule has 0 saturated heterocycles. The number of hydrogen-bond donors (Lipinski definition) is 2. The van der Waals surface area contributed by atoms with E-state index in [1.807, 2.05) is 31.2 Å². The van der Waals surface area contributed by atoms with Crippen LogP contribution in [0, 0.1) is 11.8 Å². The van der Waals surface area contributed by atoms with Crippen LogP contribution in [0.15, 0.2) is 24.3 Å². The zero-order valence-corrected chi connectivity index (χ0v) is 11.9. The summed E-state index contributed by atoms with van der Waals surface area (Å²) in [5, 5.41) is 3.11. The molecule has 1 saturated carbocycles. The van der Waals surface area contributed by atoms with Gasteiger partial charge in [0.25, 0.3) is 0 Å². The van der Waals surface area contributed by atoms with Gasteiger partial charge in [-0.15, -0.1) is 0 Å². The minimum absolute atomic E-state index is 0.0235. The summed E-state index contributed by atoms with van der Waals surface area (Å²) in [6, 6.07) is 7.74. The number of hydrogen-bond acceptors (Lipinski definition) is 2. The summed E-state index contributed by atoms with van der Waals surface area (Å²) in [6.45, 7) is 4.28. The first-order chi connectivity index (χ1) is 9.06. The first-order valence-electron chi connectivity index (χ1n) is 7.22. The van der Waals surface area contributed by atoms with Crippen LogP contribution in [0.2, 0.25) is 0 Å². The van der Waals surface area contributed by atoms with Crippen molar-refractivity contribution in [1.29, 1.82) is 0 Å². The Kier molecular flexibility index (Phi) is 4.46. The molecule has 19 heavy (non-hydrogen) atoms. The second-order valence-electron chi connectivity index (χ2n) is 5.86. The van der Waals surface area contributed by atoms with Crippen LogP contribution in [0.4, 0.5) is 5.69 Å². The molecule has 3 N–H and O–H groups in total. The highest BCUT2D eigenvalue weighted by Gasteiger charge is 2.25. The van der Waals surface area contributed by atoms with Crippen molar-refractivity contribution in [3.63, 3.8) is 0 Å². The van der Waals surface area contributed by atoms with Gasteiger partial charge in [-0.25, -0.2) is 0 Å². The summed E-state index contributed by atoms with van der Waals surface area (Å²) in [7, 11) is 0. The molecule has 0 spiro atoms.